The predicted octanol–water partition coefficient (Wildman–Crippen LogP) is 3.42. The number of nitrogens with zero attached hydrogens (tertiary/aromatic N) is 3. The molecule has 0 radical (unpaired) electrons. The highest BCUT2D eigenvalue weighted by molar-refractivity contribution is 8.00. The molecule has 31 heavy (non-hydrogen) atoms. The minimum absolute atomic E-state index is 0.0115. The molecule has 3 rings (SSSR count). The van der Waals surface area contributed by atoms with Gasteiger partial charge in [0.05, 0.1) is 16.2 Å². The van der Waals surface area contributed by atoms with Crippen LogP contribution in [0.2, 0.25) is 0 Å². The van der Waals surface area contributed by atoms with Crippen LogP contribution in [0.5, 0.6) is 0 Å². The molecule has 1 amide bonds. The monoisotopic (exact) mass is 457 g/mol. The number of rotatable bonds is 5. The average Bonchev–Trinajstić information content (AvgIpc) is 2.77. The molecule has 1 aliphatic rings. The van der Waals surface area contributed by atoms with E-state index in [1.54, 1.807) is 28.8 Å². The fourth-order valence-electron chi connectivity index (χ4n) is 3.72. The lowest BCUT2D eigenvalue weighted by Crippen LogP contribution is -2.51. The molecule has 2 aromatic rings. The van der Waals surface area contributed by atoms with Gasteiger partial charge in [-0.25, -0.2) is 8.42 Å². The summed E-state index contributed by atoms with van der Waals surface area (Å²) >= 11 is 1.55. The molecule has 0 saturated carbocycles. The van der Waals surface area contributed by atoms with Crippen LogP contribution in [-0.2, 0) is 14.8 Å². The number of hydrogen-bond acceptors (Lipinski definition) is 5. The van der Waals surface area contributed by atoms with Crippen molar-refractivity contribution in [1.82, 2.24) is 9.21 Å². The molecular formula is C23H27N3O3S2. The standard InChI is InChI=1S/C23H27N3O3S2/c1-16-13-17(2)19(4)23(18(16)3)30-15-22(27)25-9-11-26(12-10-25)31(28,29)21-8-6-5-7-20(21)14-24/h5-8,13H,9-12,15H2,1-4H3. The van der Waals surface area contributed by atoms with E-state index in [-0.39, 0.29) is 29.5 Å². The summed E-state index contributed by atoms with van der Waals surface area (Å²) in [6.45, 7) is 9.46. The van der Waals surface area contributed by atoms with Crippen molar-refractivity contribution in [2.45, 2.75) is 37.5 Å². The first-order chi connectivity index (χ1) is 14.7. The van der Waals surface area contributed by atoms with Crippen LogP contribution < -0.4 is 0 Å². The van der Waals surface area contributed by atoms with Crippen molar-refractivity contribution in [2.75, 3.05) is 31.9 Å². The zero-order chi connectivity index (χ0) is 22.8. The third-order valence-corrected chi connectivity index (χ3v) is 9.10. The van der Waals surface area contributed by atoms with Gasteiger partial charge in [0.1, 0.15) is 6.07 Å². The third-order valence-electron chi connectivity index (χ3n) is 5.85. The number of benzene rings is 2. The van der Waals surface area contributed by atoms with Crippen molar-refractivity contribution in [3.8, 4) is 6.07 Å². The van der Waals surface area contributed by atoms with Crippen molar-refractivity contribution in [3.05, 3.63) is 58.1 Å². The van der Waals surface area contributed by atoms with Crippen molar-refractivity contribution in [2.24, 2.45) is 0 Å². The molecule has 1 saturated heterocycles. The number of hydrogen-bond donors (Lipinski definition) is 0. The van der Waals surface area contributed by atoms with E-state index in [9.17, 15) is 18.5 Å². The number of sulfonamides is 1. The first-order valence-corrected chi connectivity index (χ1v) is 12.6. The van der Waals surface area contributed by atoms with Crippen molar-refractivity contribution >= 4 is 27.7 Å². The smallest absolute Gasteiger partial charge is 0.244 e. The molecule has 0 spiro atoms. The van der Waals surface area contributed by atoms with Gasteiger partial charge in [-0.3, -0.25) is 4.79 Å². The largest absolute Gasteiger partial charge is 0.339 e. The van der Waals surface area contributed by atoms with E-state index in [2.05, 4.69) is 33.8 Å². The van der Waals surface area contributed by atoms with Crippen LogP contribution in [0.15, 0.2) is 40.1 Å². The Morgan fingerprint density at radius 1 is 1.03 bits per heavy atom. The Morgan fingerprint density at radius 3 is 2.19 bits per heavy atom. The van der Waals surface area contributed by atoms with Gasteiger partial charge in [-0.15, -0.1) is 11.8 Å². The van der Waals surface area contributed by atoms with E-state index in [4.69, 9.17) is 0 Å². The summed E-state index contributed by atoms with van der Waals surface area (Å²) in [5, 5.41) is 9.23. The predicted molar refractivity (Wildman–Crippen MR) is 123 cm³/mol. The summed E-state index contributed by atoms with van der Waals surface area (Å²) in [6, 6.07) is 10.3. The van der Waals surface area contributed by atoms with Gasteiger partial charge in [-0.2, -0.15) is 9.57 Å². The van der Waals surface area contributed by atoms with E-state index in [1.165, 1.54) is 38.7 Å². The molecule has 0 atom stereocenters. The highest BCUT2D eigenvalue weighted by atomic mass is 32.2. The SMILES string of the molecule is Cc1cc(C)c(C)c(SCC(=O)N2CCN(S(=O)(=O)c3ccccc3C#N)CC2)c1C. The Bertz CT molecular complexity index is 1120. The minimum Gasteiger partial charge on any atom is -0.339 e. The maximum Gasteiger partial charge on any atom is 0.244 e. The molecule has 0 aromatic heterocycles. The van der Waals surface area contributed by atoms with E-state index in [0.717, 1.165) is 4.90 Å². The van der Waals surface area contributed by atoms with Crippen molar-refractivity contribution in [1.29, 1.82) is 5.26 Å². The molecule has 8 heteroatoms. The molecule has 1 heterocycles. The molecule has 1 aliphatic heterocycles. The molecular weight excluding hydrogens is 430 g/mol. The molecule has 1 fully saturated rings. The topological polar surface area (TPSA) is 81.5 Å². The zero-order valence-corrected chi connectivity index (χ0v) is 19.9. The summed E-state index contributed by atoms with van der Waals surface area (Å²) in [4.78, 5) is 15.7. The second-order valence-corrected chi connectivity index (χ2v) is 10.7. The first kappa shape index (κ1) is 23.3. The lowest BCUT2D eigenvalue weighted by Gasteiger charge is -2.34. The number of aryl methyl sites for hydroxylation is 2. The fourth-order valence-corrected chi connectivity index (χ4v) is 6.49. The normalized spacial score (nSPS) is 15.0. The van der Waals surface area contributed by atoms with Crippen LogP contribution in [-0.4, -0.2) is 55.5 Å². The Hall–Kier alpha value is -2.34. The van der Waals surface area contributed by atoms with Gasteiger partial charge in [0.15, 0.2) is 0 Å². The Balaban J connectivity index is 1.64. The summed E-state index contributed by atoms with van der Waals surface area (Å²) in [7, 11) is -3.76. The van der Waals surface area contributed by atoms with E-state index in [0.29, 0.717) is 18.8 Å². The average molecular weight is 458 g/mol. The maximum absolute atomic E-state index is 13.0. The fraction of sp³-hybridized carbons (Fsp3) is 0.391. The maximum atomic E-state index is 13.0. The van der Waals surface area contributed by atoms with E-state index < -0.39 is 10.0 Å². The third kappa shape index (κ3) is 4.79. The van der Waals surface area contributed by atoms with E-state index in [1.807, 2.05) is 6.07 Å². The zero-order valence-electron chi connectivity index (χ0n) is 18.3. The Kier molecular flexibility index (Phi) is 7.10. The number of amides is 1. The highest BCUT2D eigenvalue weighted by Gasteiger charge is 2.31. The van der Waals surface area contributed by atoms with Crippen LogP contribution in [0, 0.1) is 39.0 Å². The van der Waals surface area contributed by atoms with Crippen LogP contribution in [0.25, 0.3) is 0 Å². The molecule has 164 valence electrons. The molecule has 0 bridgehead atoms. The first-order valence-electron chi connectivity index (χ1n) is 10.1. The van der Waals surface area contributed by atoms with Gasteiger partial charge >= 0.3 is 0 Å². The van der Waals surface area contributed by atoms with E-state index >= 15 is 0 Å². The van der Waals surface area contributed by atoms with Crippen molar-refractivity contribution in [3.63, 3.8) is 0 Å². The van der Waals surface area contributed by atoms with Crippen LogP contribution in [0.1, 0.15) is 27.8 Å². The summed E-state index contributed by atoms with van der Waals surface area (Å²) in [5.41, 5.74) is 4.97. The van der Waals surface area contributed by atoms with Gasteiger partial charge < -0.3 is 4.90 Å². The number of carbonyl (C=O) groups is 1. The van der Waals surface area contributed by atoms with Gasteiger partial charge in [0, 0.05) is 31.1 Å². The lowest BCUT2D eigenvalue weighted by atomic mass is 10.0. The second-order valence-electron chi connectivity index (χ2n) is 7.77. The quantitative estimate of drug-likeness (QED) is 0.643. The number of piperazine rings is 1. The second kappa shape index (κ2) is 9.43. The number of thioether (sulfide) groups is 1. The minimum atomic E-state index is -3.76. The van der Waals surface area contributed by atoms with Crippen LogP contribution in [0.3, 0.4) is 0 Å². The summed E-state index contributed by atoms with van der Waals surface area (Å²) in [5.74, 6) is 0.339. The summed E-state index contributed by atoms with van der Waals surface area (Å²) in [6.07, 6.45) is 0. The molecule has 0 aliphatic carbocycles. The van der Waals surface area contributed by atoms with Gasteiger partial charge in [0.25, 0.3) is 0 Å². The molecule has 2 aromatic carbocycles. The molecule has 6 nitrogen and oxygen atoms in total. The van der Waals surface area contributed by atoms with Crippen molar-refractivity contribution < 1.29 is 13.2 Å². The molecule has 0 N–H and O–H groups in total. The van der Waals surface area contributed by atoms with Gasteiger partial charge in [0.2, 0.25) is 15.9 Å². The van der Waals surface area contributed by atoms with Crippen LogP contribution >= 0.6 is 11.8 Å². The Morgan fingerprint density at radius 2 is 1.61 bits per heavy atom. The van der Waals surface area contributed by atoms with Gasteiger partial charge in [-0.1, -0.05) is 18.2 Å². The Labute approximate surface area is 188 Å². The lowest BCUT2D eigenvalue weighted by molar-refractivity contribution is -0.129. The number of carbonyl (C=O) groups excluding carboxylic acids is 1. The number of nitriles is 1. The highest BCUT2D eigenvalue weighted by Crippen LogP contribution is 2.31. The molecule has 0 unspecified atom stereocenters. The van der Waals surface area contributed by atoms with Crippen LogP contribution in [0.4, 0.5) is 0 Å². The summed E-state index contributed by atoms with van der Waals surface area (Å²) < 4.78 is 27.3. The van der Waals surface area contributed by atoms with Gasteiger partial charge in [-0.05, 0) is 62.1 Å².